The number of piperidine rings is 1. The first kappa shape index (κ1) is 13.4. The van der Waals surface area contributed by atoms with Gasteiger partial charge < -0.3 is 10.4 Å². The van der Waals surface area contributed by atoms with Crippen LogP contribution >= 0.6 is 0 Å². The van der Waals surface area contributed by atoms with Crippen molar-refractivity contribution >= 4 is 16.0 Å². The minimum atomic E-state index is -3.10. The van der Waals surface area contributed by atoms with Crippen LogP contribution in [-0.2, 0) is 14.8 Å². The summed E-state index contributed by atoms with van der Waals surface area (Å²) in [5, 5.41) is 11.7. The van der Waals surface area contributed by atoms with Crippen LogP contribution in [0.25, 0.3) is 0 Å². The van der Waals surface area contributed by atoms with Gasteiger partial charge in [0.15, 0.2) is 0 Å². The zero-order valence-electron chi connectivity index (χ0n) is 9.51. The third-order valence-corrected chi connectivity index (χ3v) is 4.08. The van der Waals surface area contributed by atoms with Crippen LogP contribution in [-0.4, -0.2) is 55.2 Å². The van der Waals surface area contributed by atoms with E-state index in [9.17, 15) is 13.2 Å². The van der Waals surface area contributed by atoms with Gasteiger partial charge in [-0.05, 0) is 19.8 Å². The lowest BCUT2D eigenvalue weighted by Gasteiger charge is -2.31. The van der Waals surface area contributed by atoms with Gasteiger partial charge in [-0.1, -0.05) is 0 Å². The Morgan fingerprint density at radius 2 is 1.94 bits per heavy atom. The van der Waals surface area contributed by atoms with Crippen LogP contribution in [0.3, 0.4) is 0 Å². The number of carbonyl (C=O) groups is 1. The van der Waals surface area contributed by atoms with Crippen LogP contribution in [0.1, 0.15) is 19.8 Å². The SMILES string of the molecule is CC(NC1CCN(S(C)(=O)=O)CC1)C(=O)O. The first-order chi connectivity index (χ1) is 7.30. The van der Waals surface area contributed by atoms with Gasteiger partial charge in [0, 0.05) is 19.1 Å². The van der Waals surface area contributed by atoms with E-state index in [1.165, 1.54) is 10.6 Å². The van der Waals surface area contributed by atoms with E-state index in [0.717, 1.165) is 0 Å². The Kier molecular flexibility index (Phi) is 4.28. The molecular weight excluding hydrogens is 232 g/mol. The Labute approximate surface area is 95.7 Å². The Morgan fingerprint density at radius 1 is 1.44 bits per heavy atom. The Balaban J connectivity index is 2.41. The number of nitrogens with one attached hydrogen (secondary N) is 1. The fourth-order valence-corrected chi connectivity index (χ4v) is 2.65. The van der Waals surface area contributed by atoms with Crippen molar-refractivity contribution < 1.29 is 18.3 Å². The lowest BCUT2D eigenvalue weighted by molar-refractivity contribution is -0.139. The molecule has 94 valence electrons. The van der Waals surface area contributed by atoms with Crippen molar-refractivity contribution in [2.75, 3.05) is 19.3 Å². The van der Waals surface area contributed by atoms with Crippen LogP contribution < -0.4 is 5.32 Å². The molecule has 1 rings (SSSR count). The Morgan fingerprint density at radius 3 is 2.31 bits per heavy atom. The molecule has 1 saturated heterocycles. The van der Waals surface area contributed by atoms with E-state index in [2.05, 4.69) is 5.32 Å². The van der Waals surface area contributed by atoms with Crippen LogP contribution in [0.2, 0.25) is 0 Å². The number of hydrogen-bond donors (Lipinski definition) is 2. The van der Waals surface area contributed by atoms with Gasteiger partial charge in [0.1, 0.15) is 6.04 Å². The highest BCUT2D eigenvalue weighted by Crippen LogP contribution is 2.13. The van der Waals surface area contributed by atoms with Gasteiger partial charge in [0.2, 0.25) is 10.0 Å². The maximum Gasteiger partial charge on any atom is 0.320 e. The highest BCUT2D eigenvalue weighted by Gasteiger charge is 2.26. The molecule has 6 nitrogen and oxygen atoms in total. The normalized spacial score (nSPS) is 21.9. The molecule has 0 aromatic carbocycles. The van der Waals surface area contributed by atoms with Crippen LogP contribution in [0.5, 0.6) is 0 Å². The van der Waals surface area contributed by atoms with Crippen molar-refractivity contribution in [1.29, 1.82) is 0 Å². The van der Waals surface area contributed by atoms with Crippen molar-refractivity contribution in [2.45, 2.75) is 31.8 Å². The molecule has 1 atom stereocenters. The molecule has 7 heteroatoms. The molecule has 0 amide bonds. The Hall–Kier alpha value is -0.660. The van der Waals surface area contributed by atoms with Gasteiger partial charge in [-0.15, -0.1) is 0 Å². The third-order valence-electron chi connectivity index (χ3n) is 2.78. The van der Waals surface area contributed by atoms with E-state index < -0.39 is 22.0 Å². The van der Waals surface area contributed by atoms with Gasteiger partial charge in [-0.3, -0.25) is 4.79 Å². The largest absolute Gasteiger partial charge is 0.480 e. The fourth-order valence-electron chi connectivity index (χ4n) is 1.78. The van der Waals surface area contributed by atoms with Crippen molar-refractivity contribution in [3.63, 3.8) is 0 Å². The van der Waals surface area contributed by atoms with Crippen LogP contribution in [0, 0.1) is 0 Å². The second kappa shape index (κ2) is 5.11. The number of carboxylic acid groups (broad SMARTS) is 1. The highest BCUT2D eigenvalue weighted by atomic mass is 32.2. The standard InChI is InChI=1S/C9H18N2O4S/c1-7(9(12)13)10-8-3-5-11(6-4-8)16(2,14)15/h7-8,10H,3-6H2,1-2H3,(H,12,13). The van der Waals surface area contributed by atoms with Crippen molar-refractivity contribution in [3.05, 3.63) is 0 Å². The molecule has 0 radical (unpaired) electrons. The molecule has 16 heavy (non-hydrogen) atoms. The zero-order chi connectivity index (χ0) is 12.3. The summed E-state index contributed by atoms with van der Waals surface area (Å²) < 4.78 is 23.9. The molecule has 1 unspecified atom stereocenters. The summed E-state index contributed by atoms with van der Waals surface area (Å²) in [7, 11) is -3.10. The third kappa shape index (κ3) is 3.73. The zero-order valence-corrected chi connectivity index (χ0v) is 10.3. The average Bonchev–Trinajstić information content (AvgIpc) is 2.17. The first-order valence-corrected chi connectivity index (χ1v) is 7.09. The van der Waals surface area contributed by atoms with Gasteiger partial charge >= 0.3 is 5.97 Å². The summed E-state index contributed by atoms with van der Waals surface area (Å²) >= 11 is 0. The van der Waals surface area contributed by atoms with Crippen LogP contribution in [0.15, 0.2) is 0 Å². The van der Waals surface area contributed by atoms with E-state index in [1.807, 2.05) is 0 Å². The molecule has 1 aliphatic heterocycles. The predicted molar refractivity (Wildman–Crippen MR) is 59.7 cm³/mol. The molecule has 0 aromatic rings. The molecule has 1 aliphatic rings. The predicted octanol–water partition coefficient (Wildman–Crippen LogP) is -0.527. The van der Waals surface area contributed by atoms with Gasteiger partial charge in [-0.2, -0.15) is 0 Å². The first-order valence-electron chi connectivity index (χ1n) is 5.24. The lowest BCUT2D eigenvalue weighted by atomic mass is 10.1. The molecule has 0 aliphatic carbocycles. The number of hydrogen-bond acceptors (Lipinski definition) is 4. The summed E-state index contributed by atoms with van der Waals surface area (Å²) in [5.41, 5.74) is 0. The molecule has 0 aromatic heterocycles. The molecule has 1 heterocycles. The molecule has 1 fully saturated rings. The van der Waals surface area contributed by atoms with E-state index in [-0.39, 0.29) is 6.04 Å². The molecule has 2 N–H and O–H groups in total. The quantitative estimate of drug-likeness (QED) is 0.700. The van der Waals surface area contributed by atoms with E-state index >= 15 is 0 Å². The van der Waals surface area contributed by atoms with E-state index in [4.69, 9.17) is 5.11 Å². The maximum atomic E-state index is 11.2. The summed E-state index contributed by atoms with van der Waals surface area (Å²) in [6, 6.07) is -0.501. The minimum Gasteiger partial charge on any atom is -0.480 e. The molecule has 0 spiro atoms. The maximum absolute atomic E-state index is 11.2. The molecule has 0 saturated carbocycles. The average molecular weight is 250 g/mol. The van der Waals surface area contributed by atoms with Crippen molar-refractivity contribution in [1.82, 2.24) is 9.62 Å². The fraction of sp³-hybridized carbons (Fsp3) is 0.889. The number of nitrogens with zero attached hydrogens (tertiary/aromatic N) is 1. The summed E-state index contributed by atoms with van der Waals surface area (Å²) in [5.74, 6) is -0.884. The second-order valence-corrected chi connectivity index (χ2v) is 6.15. The smallest absolute Gasteiger partial charge is 0.320 e. The summed E-state index contributed by atoms with van der Waals surface area (Å²) in [6.07, 6.45) is 2.51. The Bertz CT molecular complexity index is 347. The lowest BCUT2D eigenvalue weighted by Crippen LogP contribution is -2.48. The topological polar surface area (TPSA) is 86.7 Å². The van der Waals surface area contributed by atoms with E-state index in [1.54, 1.807) is 6.92 Å². The van der Waals surface area contributed by atoms with Crippen molar-refractivity contribution in [2.24, 2.45) is 0 Å². The number of rotatable bonds is 4. The monoisotopic (exact) mass is 250 g/mol. The number of sulfonamides is 1. The second-order valence-electron chi connectivity index (χ2n) is 4.16. The van der Waals surface area contributed by atoms with Gasteiger partial charge in [0.25, 0.3) is 0 Å². The highest BCUT2D eigenvalue weighted by molar-refractivity contribution is 7.88. The molecular formula is C9H18N2O4S. The van der Waals surface area contributed by atoms with Gasteiger partial charge in [0.05, 0.1) is 6.26 Å². The van der Waals surface area contributed by atoms with Gasteiger partial charge in [-0.25, -0.2) is 12.7 Å². The van der Waals surface area contributed by atoms with Crippen molar-refractivity contribution in [3.8, 4) is 0 Å². The summed E-state index contributed by atoms with van der Waals surface area (Å²) in [4.78, 5) is 10.6. The number of aliphatic carboxylic acids is 1. The number of carboxylic acids is 1. The van der Waals surface area contributed by atoms with Crippen LogP contribution in [0.4, 0.5) is 0 Å². The summed E-state index contributed by atoms with van der Waals surface area (Å²) in [6.45, 7) is 2.51. The van der Waals surface area contributed by atoms with E-state index in [0.29, 0.717) is 25.9 Å². The minimum absolute atomic E-state index is 0.0871. The molecule has 0 bridgehead atoms.